The third kappa shape index (κ3) is 4.51. The number of nitrogens with zero attached hydrogens (tertiary/aromatic N) is 4. The number of benzene rings is 1. The molecule has 8 nitrogen and oxygen atoms in total. The number of aromatic nitrogens is 3. The second-order valence-corrected chi connectivity index (χ2v) is 7.12. The smallest absolute Gasteiger partial charge is 0.407 e. The molecule has 1 aliphatic heterocycles. The van der Waals surface area contributed by atoms with Gasteiger partial charge in [-0.2, -0.15) is 5.10 Å². The zero-order valence-electron chi connectivity index (χ0n) is 16.2. The molecule has 3 heterocycles. The number of fused-ring (bicyclic) bond motifs is 1. The number of carbonyl (C=O) groups is 1. The van der Waals surface area contributed by atoms with Gasteiger partial charge in [-0.3, -0.25) is 14.7 Å². The SMILES string of the molecule is [B]c1ccc(COc2cnn(CCc3ccc4c(c3)CN(C(=O)O)C4)c(=O)c2)nc1. The first kappa shape index (κ1) is 19.7. The van der Waals surface area contributed by atoms with Gasteiger partial charge in [-0.25, -0.2) is 9.48 Å². The molecule has 0 bridgehead atoms. The Morgan fingerprint density at radius 1 is 1.13 bits per heavy atom. The first-order chi connectivity index (χ1) is 14.5. The quantitative estimate of drug-likeness (QED) is 0.624. The molecule has 2 radical (unpaired) electrons. The fourth-order valence-electron chi connectivity index (χ4n) is 3.32. The third-order valence-electron chi connectivity index (χ3n) is 4.95. The highest BCUT2D eigenvalue weighted by atomic mass is 16.5. The molecule has 30 heavy (non-hydrogen) atoms. The van der Waals surface area contributed by atoms with Gasteiger partial charge >= 0.3 is 6.09 Å². The van der Waals surface area contributed by atoms with Crippen molar-refractivity contribution in [1.29, 1.82) is 0 Å². The van der Waals surface area contributed by atoms with Gasteiger partial charge in [0.2, 0.25) is 0 Å². The molecule has 150 valence electrons. The Labute approximate surface area is 174 Å². The maximum Gasteiger partial charge on any atom is 0.407 e. The summed E-state index contributed by atoms with van der Waals surface area (Å²) in [5, 5.41) is 13.3. The van der Waals surface area contributed by atoms with E-state index in [0.29, 0.717) is 43.0 Å². The van der Waals surface area contributed by atoms with Gasteiger partial charge in [0.25, 0.3) is 5.56 Å². The summed E-state index contributed by atoms with van der Waals surface area (Å²) >= 11 is 0. The van der Waals surface area contributed by atoms with Crippen LogP contribution < -0.4 is 15.8 Å². The molecule has 1 N–H and O–H groups in total. The van der Waals surface area contributed by atoms with Gasteiger partial charge in [0.1, 0.15) is 20.2 Å². The Kier molecular flexibility index (Phi) is 5.51. The van der Waals surface area contributed by atoms with Crippen molar-refractivity contribution in [3.05, 3.63) is 81.5 Å². The number of rotatable bonds is 6. The average molecular weight is 402 g/mol. The number of carboxylic acid groups (broad SMARTS) is 1. The summed E-state index contributed by atoms with van der Waals surface area (Å²) < 4.78 is 6.96. The van der Waals surface area contributed by atoms with E-state index in [2.05, 4.69) is 10.1 Å². The number of aryl methyl sites for hydroxylation is 2. The molecule has 4 rings (SSSR count). The van der Waals surface area contributed by atoms with Crippen LogP contribution in [0.25, 0.3) is 0 Å². The van der Waals surface area contributed by atoms with Crippen LogP contribution in [0.5, 0.6) is 5.75 Å². The molecule has 0 saturated carbocycles. The van der Waals surface area contributed by atoms with E-state index in [-0.39, 0.29) is 12.2 Å². The highest BCUT2D eigenvalue weighted by Gasteiger charge is 2.22. The molecule has 1 aliphatic rings. The minimum absolute atomic E-state index is 0.216. The van der Waals surface area contributed by atoms with Crippen molar-refractivity contribution in [2.75, 3.05) is 0 Å². The van der Waals surface area contributed by atoms with E-state index in [1.807, 2.05) is 18.2 Å². The van der Waals surface area contributed by atoms with Crippen LogP contribution in [0.3, 0.4) is 0 Å². The second kappa shape index (κ2) is 8.40. The lowest BCUT2D eigenvalue weighted by Gasteiger charge is -2.09. The summed E-state index contributed by atoms with van der Waals surface area (Å²) in [7, 11) is 5.60. The molecule has 0 spiro atoms. The number of hydrogen-bond acceptors (Lipinski definition) is 5. The highest BCUT2D eigenvalue weighted by Crippen LogP contribution is 2.24. The van der Waals surface area contributed by atoms with Crippen LogP contribution in [0.1, 0.15) is 22.4 Å². The summed E-state index contributed by atoms with van der Waals surface area (Å²) in [4.78, 5) is 29.0. The van der Waals surface area contributed by atoms with Crippen LogP contribution in [0, 0.1) is 0 Å². The molecular weight excluding hydrogens is 383 g/mol. The topological polar surface area (TPSA) is 97.5 Å². The van der Waals surface area contributed by atoms with E-state index in [1.165, 1.54) is 21.8 Å². The molecule has 0 saturated heterocycles. The summed E-state index contributed by atoms with van der Waals surface area (Å²) in [5.74, 6) is 0.376. The van der Waals surface area contributed by atoms with Crippen LogP contribution >= 0.6 is 0 Å². The number of hydrogen-bond donors (Lipinski definition) is 1. The molecule has 2 aromatic heterocycles. The summed E-state index contributed by atoms with van der Waals surface area (Å²) in [5.41, 5.74) is 4.08. The van der Waals surface area contributed by atoms with Crippen molar-refractivity contribution < 1.29 is 14.6 Å². The van der Waals surface area contributed by atoms with Crippen LogP contribution in [-0.4, -0.2) is 38.7 Å². The van der Waals surface area contributed by atoms with Crippen LogP contribution in [0.4, 0.5) is 4.79 Å². The molecule has 9 heteroatoms. The Hall–Kier alpha value is -3.62. The largest absolute Gasteiger partial charge is 0.485 e. The molecule has 1 aromatic carbocycles. The van der Waals surface area contributed by atoms with Gasteiger partial charge in [0, 0.05) is 31.9 Å². The van der Waals surface area contributed by atoms with Crippen molar-refractivity contribution in [1.82, 2.24) is 19.7 Å². The first-order valence-electron chi connectivity index (χ1n) is 9.47. The van der Waals surface area contributed by atoms with Gasteiger partial charge in [-0.05, 0) is 29.2 Å². The minimum Gasteiger partial charge on any atom is -0.485 e. The van der Waals surface area contributed by atoms with E-state index < -0.39 is 6.09 Å². The highest BCUT2D eigenvalue weighted by molar-refractivity contribution is 6.32. The van der Waals surface area contributed by atoms with Crippen molar-refractivity contribution in [3.8, 4) is 5.75 Å². The van der Waals surface area contributed by atoms with E-state index >= 15 is 0 Å². The Bertz CT molecular complexity index is 1130. The van der Waals surface area contributed by atoms with Crippen molar-refractivity contribution in [3.63, 3.8) is 0 Å². The number of ether oxygens (including phenoxy) is 1. The molecule has 0 fully saturated rings. The summed E-state index contributed by atoms with van der Waals surface area (Å²) in [6.07, 6.45) is 2.75. The maximum atomic E-state index is 12.3. The van der Waals surface area contributed by atoms with Gasteiger partial charge in [-0.1, -0.05) is 29.7 Å². The minimum atomic E-state index is -0.919. The fourth-order valence-corrected chi connectivity index (χ4v) is 3.32. The summed E-state index contributed by atoms with van der Waals surface area (Å²) in [6, 6.07) is 10.8. The van der Waals surface area contributed by atoms with Crippen LogP contribution in [0.15, 0.2) is 53.6 Å². The Balaban J connectivity index is 1.35. The van der Waals surface area contributed by atoms with Gasteiger partial charge in [0.15, 0.2) is 0 Å². The zero-order chi connectivity index (χ0) is 21.1. The predicted octanol–water partition coefficient (Wildman–Crippen LogP) is 1.25. The van der Waals surface area contributed by atoms with Crippen molar-refractivity contribution in [2.24, 2.45) is 0 Å². The van der Waals surface area contributed by atoms with Crippen LogP contribution in [0.2, 0.25) is 0 Å². The lowest BCUT2D eigenvalue weighted by atomic mass is 9.99. The maximum absolute atomic E-state index is 12.3. The van der Waals surface area contributed by atoms with Crippen molar-refractivity contribution >= 4 is 19.4 Å². The fraction of sp³-hybridized carbons (Fsp3) is 0.238. The monoisotopic (exact) mass is 402 g/mol. The van der Waals surface area contributed by atoms with E-state index in [9.17, 15) is 9.59 Å². The lowest BCUT2D eigenvalue weighted by Crippen LogP contribution is -2.23. The average Bonchev–Trinajstić information content (AvgIpc) is 3.16. The molecular formula is C21H19BN4O4. The second-order valence-electron chi connectivity index (χ2n) is 7.12. The molecule has 1 amide bonds. The standard InChI is InChI=1S/C21H19BN4O4/c22-17-3-4-18(23-9-17)13-30-19-8-20(27)26(24-10-19)6-5-14-1-2-15-11-25(21(28)29)12-16(15)7-14/h1-4,7-10H,5-6,11-13H2,(H,28,29). The van der Waals surface area contributed by atoms with Gasteiger partial charge < -0.3 is 9.84 Å². The van der Waals surface area contributed by atoms with Gasteiger partial charge in [-0.15, -0.1) is 0 Å². The van der Waals surface area contributed by atoms with E-state index in [1.54, 1.807) is 18.3 Å². The summed E-state index contributed by atoms with van der Waals surface area (Å²) in [6.45, 7) is 1.44. The molecule has 0 unspecified atom stereocenters. The van der Waals surface area contributed by atoms with E-state index in [4.69, 9.17) is 17.7 Å². The van der Waals surface area contributed by atoms with Crippen LogP contribution in [-0.2, 0) is 32.7 Å². The van der Waals surface area contributed by atoms with Crippen molar-refractivity contribution in [2.45, 2.75) is 32.7 Å². The predicted molar refractivity (Wildman–Crippen MR) is 110 cm³/mol. The molecule has 0 atom stereocenters. The first-order valence-corrected chi connectivity index (χ1v) is 9.47. The lowest BCUT2D eigenvalue weighted by molar-refractivity contribution is 0.145. The van der Waals surface area contributed by atoms with Gasteiger partial charge in [0.05, 0.1) is 11.9 Å². The Morgan fingerprint density at radius 3 is 2.70 bits per heavy atom. The molecule has 0 aliphatic carbocycles. The number of pyridine rings is 1. The Morgan fingerprint density at radius 2 is 1.97 bits per heavy atom. The normalized spacial score (nSPS) is 12.6. The van der Waals surface area contributed by atoms with E-state index in [0.717, 1.165) is 16.7 Å². The third-order valence-corrected chi connectivity index (χ3v) is 4.95. The zero-order valence-corrected chi connectivity index (χ0v) is 16.2. The number of amides is 1. The molecule has 3 aromatic rings.